The van der Waals surface area contributed by atoms with Crippen molar-refractivity contribution in [3.63, 3.8) is 0 Å². The van der Waals surface area contributed by atoms with E-state index >= 15 is 0 Å². The maximum atomic E-state index is 12.5. The predicted molar refractivity (Wildman–Crippen MR) is 130 cm³/mol. The third-order valence-corrected chi connectivity index (χ3v) is 5.79. The first-order valence-corrected chi connectivity index (χ1v) is 11.8. The van der Waals surface area contributed by atoms with Crippen molar-refractivity contribution in [1.82, 2.24) is 14.8 Å². The SMILES string of the molecule is C#COCCOCCOc1ccc(NC(=O)Nc2nc(CC(=O)N3CCN(C)CC3)cs2)cc1. The standard InChI is InChI=1S/C23H29N5O5S/c1-3-31-12-13-32-14-15-33-20-6-4-18(5-7-20)24-22(30)26-23-25-19(17-34-23)16-21(29)28-10-8-27(2)9-11-28/h1,4-7,17H,8-16H2,2H3,(H2,24,25,26,30). The number of ether oxygens (including phenoxy) is 3. The van der Waals surface area contributed by atoms with Crippen molar-refractivity contribution in [2.45, 2.75) is 6.42 Å². The summed E-state index contributed by atoms with van der Waals surface area (Å²) in [6.45, 7) is 4.75. The molecule has 1 fully saturated rings. The van der Waals surface area contributed by atoms with E-state index in [1.165, 1.54) is 11.3 Å². The Kier molecular flexibility index (Phi) is 9.97. The number of terminal acetylenes is 1. The molecule has 34 heavy (non-hydrogen) atoms. The molecule has 2 aromatic rings. The first kappa shape index (κ1) is 25.3. The Morgan fingerprint density at radius 2 is 1.82 bits per heavy atom. The molecule has 3 amide bonds. The molecule has 0 bridgehead atoms. The Hall–Kier alpha value is -3.33. The number of anilines is 2. The van der Waals surface area contributed by atoms with E-state index in [1.807, 2.05) is 11.9 Å². The molecule has 0 unspecified atom stereocenters. The number of aromatic nitrogens is 1. The number of carbonyl (C=O) groups is 2. The van der Waals surface area contributed by atoms with Gasteiger partial charge in [0.1, 0.15) is 25.1 Å². The number of nitrogens with zero attached hydrogens (tertiary/aromatic N) is 3. The Balaban J connectivity index is 1.36. The molecule has 0 spiro atoms. The molecule has 1 aromatic heterocycles. The maximum Gasteiger partial charge on any atom is 0.325 e. The number of nitrogens with one attached hydrogen (secondary N) is 2. The zero-order chi connectivity index (χ0) is 24.2. The minimum atomic E-state index is -0.414. The van der Waals surface area contributed by atoms with Crippen LogP contribution in [0.5, 0.6) is 5.75 Å². The van der Waals surface area contributed by atoms with Gasteiger partial charge in [0.25, 0.3) is 0 Å². The van der Waals surface area contributed by atoms with Crippen LogP contribution in [0.3, 0.4) is 0 Å². The zero-order valence-corrected chi connectivity index (χ0v) is 19.9. The van der Waals surface area contributed by atoms with E-state index in [9.17, 15) is 9.59 Å². The topological polar surface area (TPSA) is 105 Å². The molecule has 11 heteroatoms. The smallest absolute Gasteiger partial charge is 0.325 e. The number of thiazole rings is 1. The van der Waals surface area contributed by atoms with E-state index < -0.39 is 6.03 Å². The summed E-state index contributed by atoms with van der Waals surface area (Å²) in [6.07, 6.45) is 7.27. The first-order valence-electron chi connectivity index (χ1n) is 10.9. The van der Waals surface area contributed by atoms with Gasteiger partial charge in [0.05, 0.1) is 25.3 Å². The molecule has 3 rings (SSSR count). The van der Waals surface area contributed by atoms with Crippen molar-refractivity contribution in [3.05, 3.63) is 35.3 Å². The minimum Gasteiger partial charge on any atom is -0.491 e. The van der Waals surface area contributed by atoms with Crippen molar-refractivity contribution in [2.24, 2.45) is 0 Å². The van der Waals surface area contributed by atoms with Crippen LogP contribution in [0, 0.1) is 12.5 Å². The number of likely N-dealkylation sites (N-methyl/N-ethyl adjacent to an activating group) is 1. The van der Waals surface area contributed by atoms with Gasteiger partial charge in [-0.05, 0) is 31.3 Å². The predicted octanol–water partition coefficient (Wildman–Crippen LogP) is 2.11. The number of carbonyl (C=O) groups excluding carboxylic acids is 2. The fraction of sp³-hybridized carbons (Fsp3) is 0.435. The summed E-state index contributed by atoms with van der Waals surface area (Å²) in [6, 6.07) is 6.56. The molecule has 1 saturated heterocycles. The Bertz CT molecular complexity index is 967. The largest absolute Gasteiger partial charge is 0.491 e. The minimum absolute atomic E-state index is 0.0567. The molecule has 10 nitrogen and oxygen atoms in total. The molecule has 0 atom stereocenters. The average molecular weight is 488 g/mol. The number of urea groups is 1. The highest BCUT2D eigenvalue weighted by atomic mass is 32.1. The molecule has 1 aromatic carbocycles. The number of rotatable bonds is 11. The van der Waals surface area contributed by atoms with E-state index in [4.69, 9.17) is 20.6 Å². The summed E-state index contributed by atoms with van der Waals surface area (Å²) >= 11 is 1.29. The highest BCUT2D eigenvalue weighted by Crippen LogP contribution is 2.19. The number of piperazine rings is 1. The van der Waals surface area contributed by atoms with Gasteiger partial charge in [0, 0.05) is 37.2 Å². The lowest BCUT2D eigenvalue weighted by Crippen LogP contribution is -2.47. The van der Waals surface area contributed by atoms with Gasteiger partial charge in [-0.1, -0.05) is 6.42 Å². The van der Waals surface area contributed by atoms with Crippen LogP contribution >= 0.6 is 11.3 Å². The third kappa shape index (κ3) is 8.55. The summed E-state index contributed by atoms with van der Waals surface area (Å²) in [7, 11) is 2.05. The normalized spacial score (nSPS) is 13.7. The van der Waals surface area contributed by atoms with Crippen LogP contribution in [0.2, 0.25) is 0 Å². The van der Waals surface area contributed by atoms with Gasteiger partial charge in [0.15, 0.2) is 5.13 Å². The van der Waals surface area contributed by atoms with Gasteiger partial charge in [-0.15, -0.1) is 11.3 Å². The van der Waals surface area contributed by atoms with Crippen LogP contribution in [0.25, 0.3) is 0 Å². The first-order chi connectivity index (χ1) is 16.5. The number of hydrogen-bond acceptors (Lipinski definition) is 8. The molecule has 2 heterocycles. The fourth-order valence-corrected chi connectivity index (χ4v) is 3.85. The van der Waals surface area contributed by atoms with Gasteiger partial charge < -0.3 is 29.3 Å². The Labute approximate surface area is 203 Å². The molecule has 1 aliphatic heterocycles. The van der Waals surface area contributed by atoms with E-state index in [0.29, 0.717) is 48.7 Å². The third-order valence-electron chi connectivity index (χ3n) is 4.98. The Morgan fingerprint density at radius 3 is 2.56 bits per heavy atom. The second-order valence-corrected chi connectivity index (χ2v) is 8.39. The van der Waals surface area contributed by atoms with Crippen molar-refractivity contribution in [2.75, 3.05) is 70.3 Å². The van der Waals surface area contributed by atoms with E-state index in [-0.39, 0.29) is 12.3 Å². The summed E-state index contributed by atoms with van der Waals surface area (Å²) in [5.74, 6) is 0.713. The van der Waals surface area contributed by atoms with Crippen LogP contribution in [0.15, 0.2) is 29.6 Å². The van der Waals surface area contributed by atoms with Crippen molar-refractivity contribution >= 4 is 34.1 Å². The summed E-state index contributed by atoms with van der Waals surface area (Å²) in [5.41, 5.74) is 1.26. The quantitative estimate of drug-likeness (QED) is 0.369. The lowest BCUT2D eigenvalue weighted by atomic mass is 10.2. The summed E-state index contributed by atoms with van der Waals surface area (Å²) in [4.78, 5) is 33.2. The molecular formula is C23H29N5O5S. The van der Waals surface area contributed by atoms with E-state index in [1.54, 1.807) is 29.6 Å². The molecule has 0 saturated carbocycles. The van der Waals surface area contributed by atoms with Crippen LogP contribution < -0.4 is 15.4 Å². The fourth-order valence-electron chi connectivity index (χ4n) is 3.14. The van der Waals surface area contributed by atoms with Crippen molar-refractivity contribution < 1.29 is 23.8 Å². The molecule has 182 valence electrons. The highest BCUT2D eigenvalue weighted by molar-refractivity contribution is 7.14. The van der Waals surface area contributed by atoms with Crippen LogP contribution in [-0.2, 0) is 20.7 Å². The van der Waals surface area contributed by atoms with Gasteiger partial charge in [-0.2, -0.15) is 0 Å². The zero-order valence-electron chi connectivity index (χ0n) is 19.1. The van der Waals surface area contributed by atoms with Gasteiger partial charge >= 0.3 is 6.03 Å². The van der Waals surface area contributed by atoms with Crippen molar-refractivity contribution in [1.29, 1.82) is 0 Å². The molecule has 2 N–H and O–H groups in total. The summed E-state index contributed by atoms with van der Waals surface area (Å²) in [5, 5.41) is 7.68. The molecular weight excluding hydrogens is 458 g/mol. The maximum absolute atomic E-state index is 12.5. The van der Waals surface area contributed by atoms with E-state index in [0.717, 1.165) is 26.2 Å². The van der Waals surface area contributed by atoms with Crippen LogP contribution in [0.4, 0.5) is 15.6 Å². The molecule has 0 aliphatic carbocycles. The lowest BCUT2D eigenvalue weighted by molar-refractivity contribution is -0.132. The molecule has 1 aliphatic rings. The second-order valence-electron chi connectivity index (χ2n) is 7.54. The number of amides is 3. The monoisotopic (exact) mass is 487 g/mol. The van der Waals surface area contributed by atoms with Gasteiger partial charge in [-0.25, -0.2) is 9.78 Å². The lowest BCUT2D eigenvalue weighted by Gasteiger charge is -2.32. The van der Waals surface area contributed by atoms with Crippen LogP contribution in [-0.4, -0.2) is 86.4 Å². The van der Waals surface area contributed by atoms with Crippen LogP contribution in [0.1, 0.15) is 5.69 Å². The summed E-state index contributed by atoms with van der Waals surface area (Å²) < 4.78 is 15.6. The average Bonchev–Trinajstić information content (AvgIpc) is 3.26. The number of benzene rings is 1. The van der Waals surface area contributed by atoms with Crippen molar-refractivity contribution in [3.8, 4) is 18.3 Å². The van der Waals surface area contributed by atoms with E-state index in [2.05, 4.69) is 26.6 Å². The van der Waals surface area contributed by atoms with Gasteiger partial charge in [-0.3, -0.25) is 10.1 Å². The molecule has 0 radical (unpaired) electrons. The Morgan fingerprint density at radius 1 is 1.09 bits per heavy atom. The number of hydrogen-bond donors (Lipinski definition) is 2. The highest BCUT2D eigenvalue weighted by Gasteiger charge is 2.20. The second kappa shape index (κ2) is 13.4. The van der Waals surface area contributed by atoms with Gasteiger partial charge in [0.2, 0.25) is 5.91 Å².